The molecular weight excluding hydrogens is 321 g/mol. The highest BCUT2D eigenvalue weighted by atomic mass is 19.1. The Morgan fingerprint density at radius 1 is 1.12 bits per heavy atom. The SMILES string of the molecule is CCN(CC)CCNC(=O)Nc1ccccc1Oc1cccc(F)c1. The molecule has 0 atom stereocenters. The average molecular weight is 345 g/mol. The van der Waals surface area contributed by atoms with Crippen LogP contribution in [0.4, 0.5) is 14.9 Å². The third-order valence-electron chi connectivity index (χ3n) is 3.77. The Labute approximate surface area is 147 Å². The summed E-state index contributed by atoms with van der Waals surface area (Å²) in [5.74, 6) is 0.445. The van der Waals surface area contributed by atoms with Crippen LogP contribution in [0.2, 0.25) is 0 Å². The van der Waals surface area contributed by atoms with Gasteiger partial charge in [0.25, 0.3) is 0 Å². The summed E-state index contributed by atoms with van der Waals surface area (Å²) >= 11 is 0. The molecule has 2 rings (SSSR count). The van der Waals surface area contributed by atoms with Gasteiger partial charge in [0.2, 0.25) is 0 Å². The van der Waals surface area contributed by atoms with E-state index in [4.69, 9.17) is 4.74 Å². The Morgan fingerprint density at radius 2 is 1.88 bits per heavy atom. The fourth-order valence-electron chi connectivity index (χ4n) is 2.35. The standard InChI is InChI=1S/C19H24FN3O2/c1-3-23(4-2)13-12-21-19(24)22-17-10-5-6-11-18(17)25-16-9-7-8-15(20)14-16/h5-11,14H,3-4,12-13H2,1-2H3,(H2,21,22,24). The number of para-hydroxylation sites is 2. The van der Waals surface area contributed by atoms with Gasteiger partial charge in [0.15, 0.2) is 5.75 Å². The van der Waals surface area contributed by atoms with E-state index in [-0.39, 0.29) is 11.8 Å². The third kappa shape index (κ3) is 6.08. The van der Waals surface area contributed by atoms with Crippen LogP contribution in [0.5, 0.6) is 11.5 Å². The number of benzene rings is 2. The molecule has 5 nitrogen and oxygen atoms in total. The Balaban J connectivity index is 1.94. The molecule has 0 unspecified atom stereocenters. The van der Waals surface area contributed by atoms with E-state index in [1.807, 2.05) is 0 Å². The smallest absolute Gasteiger partial charge is 0.319 e. The molecule has 0 radical (unpaired) electrons. The molecule has 0 aliphatic heterocycles. The van der Waals surface area contributed by atoms with Crippen molar-refractivity contribution in [2.45, 2.75) is 13.8 Å². The van der Waals surface area contributed by atoms with Crippen LogP contribution in [-0.4, -0.2) is 37.1 Å². The number of anilines is 1. The minimum Gasteiger partial charge on any atom is -0.455 e. The molecule has 0 aliphatic carbocycles. The van der Waals surface area contributed by atoms with Gasteiger partial charge in [-0.2, -0.15) is 0 Å². The van der Waals surface area contributed by atoms with E-state index in [0.717, 1.165) is 19.6 Å². The molecule has 0 spiro atoms. The molecule has 134 valence electrons. The maximum absolute atomic E-state index is 13.3. The number of hydrogen-bond acceptors (Lipinski definition) is 3. The van der Waals surface area contributed by atoms with Crippen molar-refractivity contribution in [3.8, 4) is 11.5 Å². The fourth-order valence-corrected chi connectivity index (χ4v) is 2.35. The van der Waals surface area contributed by atoms with Gasteiger partial charge in [0, 0.05) is 19.2 Å². The highest BCUT2D eigenvalue weighted by Crippen LogP contribution is 2.29. The van der Waals surface area contributed by atoms with E-state index >= 15 is 0 Å². The first-order valence-corrected chi connectivity index (χ1v) is 8.42. The van der Waals surface area contributed by atoms with Crippen LogP contribution >= 0.6 is 0 Å². The first-order chi connectivity index (χ1) is 12.1. The number of carbonyl (C=O) groups excluding carboxylic acids is 1. The number of nitrogens with zero attached hydrogens (tertiary/aromatic N) is 1. The maximum Gasteiger partial charge on any atom is 0.319 e. The molecule has 0 aromatic heterocycles. The molecule has 0 aliphatic rings. The number of hydrogen-bond donors (Lipinski definition) is 2. The summed E-state index contributed by atoms with van der Waals surface area (Å²) in [5.41, 5.74) is 0.520. The number of ether oxygens (including phenoxy) is 1. The van der Waals surface area contributed by atoms with Gasteiger partial charge < -0.3 is 20.3 Å². The van der Waals surface area contributed by atoms with Gasteiger partial charge in [-0.15, -0.1) is 0 Å². The van der Waals surface area contributed by atoms with Crippen LogP contribution in [0, 0.1) is 5.82 Å². The predicted molar refractivity (Wildman–Crippen MR) is 97.7 cm³/mol. The van der Waals surface area contributed by atoms with Gasteiger partial charge in [0.05, 0.1) is 5.69 Å². The second kappa shape index (κ2) is 9.64. The lowest BCUT2D eigenvalue weighted by Gasteiger charge is -2.18. The van der Waals surface area contributed by atoms with E-state index < -0.39 is 0 Å². The molecule has 2 aromatic rings. The van der Waals surface area contributed by atoms with Crippen LogP contribution in [0.15, 0.2) is 48.5 Å². The Bertz CT molecular complexity index is 690. The summed E-state index contributed by atoms with van der Waals surface area (Å²) in [6.07, 6.45) is 0. The second-order valence-electron chi connectivity index (χ2n) is 5.46. The van der Waals surface area contributed by atoms with Gasteiger partial charge in [-0.3, -0.25) is 0 Å². The first-order valence-electron chi connectivity index (χ1n) is 8.42. The number of urea groups is 1. The van der Waals surface area contributed by atoms with Gasteiger partial charge in [0.1, 0.15) is 11.6 Å². The zero-order valence-corrected chi connectivity index (χ0v) is 14.6. The summed E-state index contributed by atoms with van der Waals surface area (Å²) in [7, 11) is 0. The topological polar surface area (TPSA) is 53.6 Å². The van der Waals surface area contributed by atoms with Crippen molar-refractivity contribution in [2.24, 2.45) is 0 Å². The lowest BCUT2D eigenvalue weighted by atomic mass is 10.3. The average Bonchev–Trinajstić information content (AvgIpc) is 2.60. The van der Waals surface area contributed by atoms with Gasteiger partial charge in [-0.25, -0.2) is 9.18 Å². The van der Waals surface area contributed by atoms with Crippen LogP contribution in [-0.2, 0) is 0 Å². The van der Waals surface area contributed by atoms with Crippen LogP contribution < -0.4 is 15.4 Å². The van der Waals surface area contributed by atoms with Crippen molar-refractivity contribution in [1.29, 1.82) is 0 Å². The van der Waals surface area contributed by atoms with Crippen molar-refractivity contribution in [3.05, 3.63) is 54.3 Å². The van der Waals surface area contributed by atoms with Crippen LogP contribution in [0.3, 0.4) is 0 Å². The number of halogens is 1. The minimum absolute atomic E-state index is 0.303. The van der Waals surface area contributed by atoms with E-state index in [1.165, 1.54) is 12.1 Å². The van der Waals surface area contributed by atoms with E-state index in [0.29, 0.717) is 23.7 Å². The zero-order valence-electron chi connectivity index (χ0n) is 14.6. The van der Waals surface area contributed by atoms with Crippen LogP contribution in [0.1, 0.15) is 13.8 Å². The Hall–Kier alpha value is -2.60. The fraction of sp³-hybridized carbons (Fsp3) is 0.316. The predicted octanol–water partition coefficient (Wildman–Crippen LogP) is 4.08. The number of likely N-dealkylation sites (N-methyl/N-ethyl adjacent to an activating group) is 1. The largest absolute Gasteiger partial charge is 0.455 e. The molecule has 0 fully saturated rings. The molecule has 2 amide bonds. The molecule has 0 saturated heterocycles. The third-order valence-corrected chi connectivity index (χ3v) is 3.77. The summed E-state index contributed by atoms with van der Waals surface area (Å²) in [5, 5.41) is 5.59. The minimum atomic E-state index is -0.378. The molecule has 0 saturated carbocycles. The summed E-state index contributed by atoms with van der Waals surface area (Å²) in [6, 6.07) is 12.6. The van der Waals surface area contributed by atoms with Crippen molar-refractivity contribution in [2.75, 3.05) is 31.5 Å². The lowest BCUT2D eigenvalue weighted by Crippen LogP contribution is -2.36. The van der Waals surface area contributed by atoms with E-state index in [2.05, 4.69) is 29.4 Å². The Morgan fingerprint density at radius 3 is 2.60 bits per heavy atom. The van der Waals surface area contributed by atoms with E-state index in [9.17, 15) is 9.18 Å². The Kier molecular flexibility index (Phi) is 7.22. The highest BCUT2D eigenvalue weighted by molar-refractivity contribution is 5.90. The monoisotopic (exact) mass is 345 g/mol. The number of nitrogens with one attached hydrogen (secondary N) is 2. The number of rotatable bonds is 8. The maximum atomic E-state index is 13.3. The summed E-state index contributed by atoms with van der Waals surface area (Å²) in [4.78, 5) is 14.3. The normalized spacial score (nSPS) is 10.6. The molecule has 0 bridgehead atoms. The van der Waals surface area contributed by atoms with Crippen molar-refractivity contribution < 1.29 is 13.9 Å². The highest BCUT2D eigenvalue weighted by Gasteiger charge is 2.09. The molecular formula is C19H24FN3O2. The van der Waals surface area contributed by atoms with Crippen LogP contribution in [0.25, 0.3) is 0 Å². The molecule has 2 aromatic carbocycles. The molecule has 0 heterocycles. The number of amides is 2. The summed E-state index contributed by atoms with van der Waals surface area (Å²) < 4.78 is 19.0. The van der Waals surface area contributed by atoms with Gasteiger partial charge in [-0.05, 0) is 37.4 Å². The molecule has 6 heteroatoms. The van der Waals surface area contributed by atoms with Crippen molar-refractivity contribution >= 4 is 11.7 Å². The van der Waals surface area contributed by atoms with E-state index in [1.54, 1.807) is 36.4 Å². The lowest BCUT2D eigenvalue weighted by molar-refractivity contribution is 0.247. The second-order valence-corrected chi connectivity index (χ2v) is 5.46. The number of carbonyl (C=O) groups is 1. The molecule has 2 N–H and O–H groups in total. The quantitative estimate of drug-likeness (QED) is 0.758. The van der Waals surface area contributed by atoms with Gasteiger partial charge in [-0.1, -0.05) is 32.0 Å². The zero-order chi connectivity index (χ0) is 18.1. The first kappa shape index (κ1) is 18.7. The van der Waals surface area contributed by atoms with Gasteiger partial charge >= 0.3 is 6.03 Å². The van der Waals surface area contributed by atoms with Crippen molar-refractivity contribution in [3.63, 3.8) is 0 Å². The van der Waals surface area contributed by atoms with Crippen molar-refractivity contribution in [1.82, 2.24) is 10.2 Å². The molecule has 25 heavy (non-hydrogen) atoms. The summed E-state index contributed by atoms with van der Waals surface area (Å²) in [6.45, 7) is 7.42.